The summed E-state index contributed by atoms with van der Waals surface area (Å²) >= 11 is 1.37. The molecule has 1 atom stereocenters. The highest BCUT2D eigenvalue weighted by molar-refractivity contribution is 7.12. The highest BCUT2D eigenvalue weighted by Crippen LogP contribution is 2.34. The summed E-state index contributed by atoms with van der Waals surface area (Å²) in [6.45, 7) is 5.19. The zero-order valence-electron chi connectivity index (χ0n) is 14.4. The minimum atomic E-state index is -0.942. The highest BCUT2D eigenvalue weighted by Gasteiger charge is 2.30. The number of anilines is 3. The van der Waals surface area contributed by atoms with Gasteiger partial charge in [0.2, 0.25) is 5.79 Å². The molecule has 3 heterocycles. The summed E-state index contributed by atoms with van der Waals surface area (Å²) in [5.74, 6) is -1.75. The Balaban J connectivity index is 1.50. The average Bonchev–Trinajstić information content (AvgIpc) is 3.05. The van der Waals surface area contributed by atoms with Crippen molar-refractivity contribution in [2.75, 3.05) is 41.8 Å². The molecule has 1 unspecified atom stereocenters. The number of hydrogen-bond acceptors (Lipinski definition) is 7. The van der Waals surface area contributed by atoms with Gasteiger partial charge < -0.3 is 25.4 Å². The van der Waals surface area contributed by atoms with Gasteiger partial charge in [-0.3, -0.25) is 0 Å². The minimum Gasteiger partial charge on any atom is -0.478 e. The van der Waals surface area contributed by atoms with Gasteiger partial charge in [0.05, 0.1) is 29.3 Å². The van der Waals surface area contributed by atoms with E-state index in [0.29, 0.717) is 5.69 Å². The van der Waals surface area contributed by atoms with Gasteiger partial charge in [0.15, 0.2) is 0 Å². The van der Waals surface area contributed by atoms with Crippen LogP contribution in [0.4, 0.5) is 17.1 Å². The number of ether oxygens (including phenoxy) is 1. The van der Waals surface area contributed by atoms with Crippen molar-refractivity contribution in [3.8, 4) is 0 Å². The smallest absolute Gasteiger partial charge is 0.338 e. The van der Waals surface area contributed by atoms with Crippen LogP contribution in [0.2, 0.25) is 0 Å². The summed E-state index contributed by atoms with van der Waals surface area (Å²) in [6, 6.07) is 8.16. The normalized spacial score (nSPS) is 21.8. The third-order valence-electron chi connectivity index (χ3n) is 4.49. The van der Waals surface area contributed by atoms with Gasteiger partial charge in [-0.2, -0.15) is 0 Å². The Bertz CT molecular complexity index is 843. The number of hydrogen-bond donors (Lipinski definition) is 3. The molecule has 8 heteroatoms. The Labute approximate surface area is 155 Å². The first-order valence-electron chi connectivity index (χ1n) is 8.43. The molecule has 1 aromatic heterocycles. The lowest BCUT2D eigenvalue weighted by Crippen LogP contribution is -2.43. The lowest BCUT2D eigenvalue weighted by atomic mass is 10.2. The molecule has 136 valence electrons. The van der Waals surface area contributed by atoms with Crippen LogP contribution in [0.5, 0.6) is 0 Å². The first-order chi connectivity index (χ1) is 12.5. The molecule has 1 fully saturated rings. The summed E-state index contributed by atoms with van der Waals surface area (Å²) in [5, 5.41) is 17.5. The molecular formula is C18H20N4O3S. The maximum atomic E-state index is 11.4. The molecule has 1 aromatic carbocycles. The van der Waals surface area contributed by atoms with Gasteiger partial charge in [-0.15, -0.1) is 11.3 Å². The topological polar surface area (TPSA) is 86.2 Å². The average molecular weight is 372 g/mol. The largest absolute Gasteiger partial charge is 0.478 e. The van der Waals surface area contributed by atoms with Gasteiger partial charge in [-0.25, -0.2) is 9.79 Å². The number of thiophene rings is 1. The molecule has 0 amide bonds. The maximum Gasteiger partial charge on any atom is 0.338 e. The number of fused-ring (bicyclic) bond motifs is 1. The predicted molar refractivity (Wildman–Crippen MR) is 104 cm³/mol. The van der Waals surface area contributed by atoms with E-state index in [1.165, 1.54) is 11.3 Å². The van der Waals surface area contributed by atoms with Crippen molar-refractivity contribution in [2.45, 2.75) is 12.7 Å². The second-order valence-corrected chi connectivity index (χ2v) is 7.33. The molecule has 0 spiro atoms. The summed E-state index contributed by atoms with van der Waals surface area (Å²) in [4.78, 5) is 19.0. The Morgan fingerprint density at radius 3 is 2.77 bits per heavy atom. The van der Waals surface area contributed by atoms with Crippen LogP contribution in [0.15, 0.2) is 34.6 Å². The predicted octanol–water partition coefficient (Wildman–Crippen LogP) is 2.91. The van der Waals surface area contributed by atoms with Crippen molar-refractivity contribution in [3.63, 3.8) is 0 Å². The summed E-state index contributed by atoms with van der Waals surface area (Å²) in [7, 11) is 0. The van der Waals surface area contributed by atoms with Crippen molar-refractivity contribution in [1.29, 1.82) is 0 Å². The SMILES string of the molecule is CC1(Nc2ccc(N3CCOCC3)cc2)N=Cc2scc(C(=O)O)c2N1. The lowest BCUT2D eigenvalue weighted by Gasteiger charge is -2.33. The van der Waals surface area contributed by atoms with Crippen LogP contribution in [0.25, 0.3) is 0 Å². The Morgan fingerprint density at radius 2 is 2.08 bits per heavy atom. The molecule has 1 saturated heterocycles. The van der Waals surface area contributed by atoms with Gasteiger partial charge in [-0.05, 0) is 31.2 Å². The molecule has 2 aliphatic rings. The molecule has 2 aliphatic heterocycles. The number of nitrogens with zero attached hydrogens (tertiary/aromatic N) is 2. The van der Waals surface area contributed by atoms with E-state index in [9.17, 15) is 9.90 Å². The first kappa shape index (κ1) is 16.9. The molecule has 0 radical (unpaired) electrons. The number of carboxylic acids is 1. The lowest BCUT2D eigenvalue weighted by molar-refractivity contribution is 0.0698. The van der Waals surface area contributed by atoms with E-state index in [2.05, 4.69) is 32.7 Å². The molecule has 26 heavy (non-hydrogen) atoms. The first-order valence-corrected chi connectivity index (χ1v) is 9.31. The van der Waals surface area contributed by atoms with Crippen LogP contribution < -0.4 is 15.5 Å². The Kier molecular flexibility index (Phi) is 4.29. The minimum absolute atomic E-state index is 0.270. The fourth-order valence-corrected chi connectivity index (χ4v) is 4.00. The summed E-state index contributed by atoms with van der Waals surface area (Å²) in [6.07, 6.45) is 1.72. The second kappa shape index (κ2) is 6.62. The second-order valence-electron chi connectivity index (χ2n) is 6.42. The quantitative estimate of drug-likeness (QED) is 0.765. The van der Waals surface area contributed by atoms with Gasteiger partial charge in [0, 0.05) is 36.1 Å². The Morgan fingerprint density at radius 1 is 1.35 bits per heavy atom. The van der Waals surface area contributed by atoms with Crippen LogP contribution >= 0.6 is 11.3 Å². The standard InChI is InChI=1S/C18H20N4O3S/c1-18(19-10-15-16(21-18)14(11-26-15)17(23)24)20-12-2-4-13(5-3-12)22-6-8-25-9-7-22/h2-5,10-11,20-21H,6-9H2,1H3,(H,23,24). The Hall–Kier alpha value is -2.58. The molecular weight excluding hydrogens is 352 g/mol. The van der Waals surface area contributed by atoms with Crippen LogP contribution in [-0.2, 0) is 4.74 Å². The van der Waals surface area contributed by atoms with Crippen molar-refractivity contribution in [2.24, 2.45) is 4.99 Å². The van der Waals surface area contributed by atoms with E-state index in [1.807, 2.05) is 19.1 Å². The molecule has 7 nitrogen and oxygen atoms in total. The molecule has 0 aliphatic carbocycles. The van der Waals surface area contributed by atoms with E-state index < -0.39 is 11.8 Å². The third-order valence-corrected chi connectivity index (χ3v) is 5.41. The van der Waals surface area contributed by atoms with Crippen molar-refractivity contribution in [3.05, 3.63) is 40.1 Å². The number of benzene rings is 1. The van der Waals surface area contributed by atoms with Crippen molar-refractivity contribution < 1.29 is 14.6 Å². The fraction of sp³-hybridized carbons (Fsp3) is 0.333. The number of nitrogens with one attached hydrogen (secondary N) is 2. The van der Waals surface area contributed by atoms with Crippen LogP contribution in [0.1, 0.15) is 22.2 Å². The number of carboxylic acid groups (broad SMARTS) is 1. The molecule has 3 N–H and O–H groups in total. The van der Waals surface area contributed by atoms with Crippen LogP contribution in [0.3, 0.4) is 0 Å². The monoisotopic (exact) mass is 372 g/mol. The highest BCUT2D eigenvalue weighted by atomic mass is 32.1. The van der Waals surface area contributed by atoms with Gasteiger partial charge >= 0.3 is 5.97 Å². The van der Waals surface area contributed by atoms with Crippen molar-refractivity contribution >= 4 is 40.6 Å². The molecule has 0 saturated carbocycles. The zero-order valence-corrected chi connectivity index (χ0v) is 15.2. The number of aromatic carboxylic acids is 1. The number of carbonyl (C=O) groups is 1. The van der Waals surface area contributed by atoms with Gasteiger partial charge in [-0.1, -0.05) is 0 Å². The van der Waals surface area contributed by atoms with E-state index in [1.54, 1.807) is 11.6 Å². The van der Waals surface area contributed by atoms with Gasteiger partial charge in [0.1, 0.15) is 0 Å². The summed E-state index contributed by atoms with van der Waals surface area (Å²) in [5.41, 5.74) is 2.95. The van der Waals surface area contributed by atoms with E-state index in [-0.39, 0.29) is 5.56 Å². The zero-order chi connectivity index (χ0) is 18.1. The molecule has 2 aromatic rings. The van der Waals surface area contributed by atoms with Crippen LogP contribution in [-0.4, -0.2) is 49.4 Å². The summed E-state index contributed by atoms with van der Waals surface area (Å²) < 4.78 is 5.39. The molecule has 0 bridgehead atoms. The fourth-order valence-electron chi connectivity index (χ4n) is 3.14. The van der Waals surface area contributed by atoms with Gasteiger partial charge in [0.25, 0.3) is 0 Å². The van der Waals surface area contributed by atoms with E-state index >= 15 is 0 Å². The number of morpholine rings is 1. The van der Waals surface area contributed by atoms with E-state index in [4.69, 9.17) is 4.74 Å². The maximum absolute atomic E-state index is 11.4. The number of rotatable bonds is 4. The number of aliphatic imine (C=N–C) groups is 1. The van der Waals surface area contributed by atoms with Crippen molar-refractivity contribution in [1.82, 2.24) is 0 Å². The van der Waals surface area contributed by atoms with E-state index in [0.717, 1.165) is 42.6 Å². The third kappa shape index (κ3) is 3.25. The van der Waals surface area contributed by atoms with Crippen LogP contribution in [0, 0.1) is 0 Å². The molecule has 4 rings (SSSR count).